The Kier molecular flexibility index (Phi) is 10.2. The van der Waals surface area contributed by atoms with Crippen LogP contribution in [-0.2, 0) is 11.2 Å². The molecule has 0 atom stereocenters. The first-order valence-corrected chi connectivity index (χ1v) is 14.9. The minimum atomic E-state index is -0.306. The minimum Gasteiger partial charge on any atom is -0.493 e. The number of aryl methyl sites for hydroxylation is 2. The van der Waals surface area contributed by atoms with Crippen molar-refractivity contribution in [2.45, 2.75) is 33.1 Å². The first kappa shape index (κ1) is 30.0. The lowest BCUT2D eigenvalue weighted by Crippen LogP contribution is -2.22. The molecule has 0 aliphatic carbocycles. The van der Waals surface area contributed by atoms with Crippen LogP contribution in [0.2, 0.25) is 0 Å². The second kappa shape index (κ2) is 13.6. The molecule has 0 saturated heterocycles. The van der Waals surface area contributed by atoms with E-state index in [9.17, 15) is 9.59 Å². The van der Waals surface area contributed by atoms with E-state index in [0.29, 0.717) is 49.2 Å². The number of para-hydroxylation sites is 1. The SMILES string of the molecule is CCCCc1nc2ccc(Br)cc2c(=O)n1N=Cc1cc(OC)c(OCC(=O)Nc2ccccc2C)c(Br)c1Br. The van der Waals surface area contributed by atoms with E-state index in [-0.39, 0.29) is 18.1 Å². The van der Waals surface area contributed by atoms with Crippen LogP contribution in [0, 0.1) is 6.92 Å². The number of hydrogen-bond acceptors (Lipinski definition) is 6. The Balaban J connectivity index is 1.64. The van der Waals surface area contributed by atoms with E-state index in [1.165, 1.54) is 11.8 Å². The molecule has 11 heteroatoms. The van der Waals surface area contributed by atoms with Crippen molar-refractivity contribution in [2.24, 2.45) is 5.10 Å². The molecule has 0 unspecified atom stereocenters. The van der Waals surface area contributed by atoms with Gasteiger partial charge < -0.3 is 14.8 Å². The van der Waals surface area contributed by atoms with Crippen molar-refractivity contribution < 1.29 is 14.3 Å². The van der Waals surface area contributed by atoms with Gasteiger partial charge in [0, 0.05) is 26.6 Å². The Bertz CT molecular complexity index is 1650. The normalized spacial score (nSPS) is 11.2. The van der Waals surface area contributed by atoms with Crippen molar-refractivity contribution in [2.75, 3.05) is 19.0 Å². The van der Waals surface area contributed by atoms with Crippen molar-refractivity contribution >= 4 is 76.5 Å². The molecule has 0 fully saturated rings. The smallest absolute Gasteiger partial charge is 0.282 e. The van der Waals surface area contributed by atoms with Gasteiger partial charge in [0.2, 0.25) is 0 Å². The number of aromatic nitrogens is 2. The number of methoxy groups -OCH3 is 1. The third-order valence-corrected chi connectivity index (χ3v) is 8.72. The first-order chi connectivity index (χ1) is 19.2. The zero-order valence-electron chi connectivity index (χ0n) is 22.1. The monoisotopic (exact) mass is 732 g/mol. The number of ether oxygens (including phenoxy) is 2. The molecule has 0 saturated carbocycles. The van der Waals surface area contributed by atoms with E-state index in [1.54, 1.807) is 18.3 Å². The maximum Gasteiger partial charge on any atom is 0.282 e. The highest BCUT2D eigenvalue weighted by Gasteiger charge is 2.18. The number of fused-ring (bicyclic) bond motifs is 1. The van der Waals surface area contributed by atoms with Crippen LogP contribution in [0.3, 0.4) is 0 Å². The molecule has 0 radical (unpaired) electrons. The maximum absolute atomic E-state index is 13.4. The molecular weight excluding hydrogens is 708 g/mol. The third kappa shape index (κ3) is 6.82. The molecule has 0 aliphatic rings. The molecule has 8 nitrogen and oxygen atoms in total. The van der Waals surface area contributed by atoms with Gasteiger partial charge in [-0.1, -0.05) is 47.5 Å². The highest BCUT2D eigenvalue weighted by molar-refractivity contribution is 9.13. The second-order valence-corrected chi connectivity index (χ2v) is 11.4. The van der Waals surface area contributed by atoms with Gasteiger partial charge in [-0.3, -0.25) is 9.59 Å². The summed E-state index contributed by atoms with van der Waals surface area (Å²) in [7, 11) is 1.51. The molecule has 3 aromatic carbocycles. The maximum atomic E-state index is 13.4. The number of rotatable bonds is 10. The zero-order chi connectivity index (χ0) is 28.8. The molecule has 4 aromatic rings. The number of carbonyl (C=O) groups excluding carboxylic acids is 1. The van der Waals surface area contributed by atoms with Crippen molar-refractivity contribution in [3.8, 4) is 11.5 Å². The van der Waals surface area contributed by atoms with Crippen molar-refractivity contribution in [1.82, 2.24) is 9.66 Å². The molecule has 4 rings (SSSR count). The summed E-state index contributed by atoms with van der Waals surface area (Å²) in [6, 6.07) is 14.7. The molecule has 0 bridgehead atoms. The molecule has 1 N–H and O–H groups in total. The Morgan fingerprint density at radius 2 is 1.90 bits per heavy atom. The number of carbonyl (C=O) groups is 1. The van der Waals surface area contributed by atoms with Gasteiger partial charge in [0.05, 0.1) is 28.7 Å². The lowest BCUT2D eigenvalue weighted by Gasteiger charge is -2.16. The van der Waals surface area contributed by atoms with Gasteiger partial charge in [0.25, 0.3) is 11.5 Å². The quantitative estimate of drug-likeness (QED) is 0.174. The van der Waals surface area contributed by atoms with Gasteiger partial charge in [-0.25, -0.2) is 4.98 Å². The van der Waals surface area contributed by atoms with Crippen molar-refractivity contribution in [1.29, 1.82) is 0 Å². The topological polar surface area (TPSA) is 94.8 Å². The van der Waals surface area contributed by atoms with E-state index in [2.05, 4.69) is 65.1 Å². The van der Waals surface area contributed by atoms with Crippen LogP contribution >= 0.6 is 47.8 Å². The average molecular weight is 735 g/mol. The fraction of sp³-hybridized carbons (Fsp3) is 0.241. The predicted molar refractivity (Wildman–Crippen MR) is 169 cm³/mol. The summed E-state index contributed by atoms with van der Waals surface area (Å²) < 4.78 is 14.7. The fourth-order valence-electron chi connectivity index (χ4n) is 3.95. The zero-order valence-corrected chi connectivity index (χ0v) is 26.9. The number of unbranched alkanes of at least 4 members (excludes halogenated alkanes) is 1. The Labute approximate surface area is 257 Å². The molecule has 1 amide bonds. The summed E-state index contributed by atoms with van der Waals surface area (Å²) in [6.07, 6.45) is 4.00. The summed E-state index contributed by atoms with van der Waals surface area (Å²) in [5, 5.41) is 7.85. The molecular formula is C29H27Br3N4O4. The fourth-order valence-corrected chi connectivity index (χ4v) is 5.25. The Morgan fingerprint density at radius 1 is 1.12 bits per heavy atom. The Morgan fingerprint density at radius 3 is 2.62 bits per heavy atom. The van der Waals surface area contributed by atoms with Crippen LogP contribution in [0.1, 0.15) is 36.7 Å². The van der Waals surface area contributed by atoms with Gasteiger partial charge in [0.15, 0.2) is 18.1 Å². The lowest BCUT2D eigenvalue weighted by atomic mass is 10.2. The number of amides is 1. The van der Waals surface area contributed by atoms with E-state index < -0.39 is 0 Å². The van der Waals surface area contributed by atoms with Gasteiger partial charge in [-0.2, -0.15) is 9.78 Å². The van der Waals surface area contributed by atoms with Gasteiger partial charge in [-0.05, 0) is 81.1 Å². The number of hydrogen-bond donors (Lipinski definition) is 1. The van der Waals surface area contributed by atoms with E-state index in [0.717, 1.165) is 28.6 Å². The first-order valence-electron chi connectivity index (χ1n) is 12.5. The summed E-state index contributed by atoms with van der Waals surface area (Å²) >= 11 is 10.6. The molecule has 0 aliphatic heterocycles. The summed E-state index contributed by atoms with van der Waals surface area (Å²) in [4.78, 5) is 30.7. The van der Waals surface area contributed by atoms with Crippen molar-refractivity contribution in [3.63, 3.8) is 0 Å². The van der Waals surface area contributed by atoms with Crippen LogP contribution in [0.4, 0.5) is 5.69 Å². The molecule has 1 aromatic heterocycles. The van der Waals surface area contributed by atoms with Gasteiger partial charge in [0.1, 0.15) is 5.82 Å². The second-order valence-electron chi connectivity index (χ2n) is 8.93. The predicted octanol–water partition coefficient (Wildman–Crippen LogP) is 7.24. The number of nitrogens with one attached hydrogen (secondary N) is 1. The highest BCUT2D eigenvalue weighted by Crippen LogP contribution is 2.42. The van der Waals surface area contributed by atoms with E-state index in [1.807, 2.05) is 43.3 Å². The minimum absolute atomic E-state index is 0.225. The number of halogens is 3. The molecule has 208 valence electrons. The standard InChI is InChI=1S/C29H27Br3N4O4/c1-4-5-10-24-34-22-12-11-19(30)14-20(22)29(38)36(24)33-15-18-13-23(39-3)28(27(32)26(18)31)40-16-25(37)35-21-9-7-6-8-17(21)2/h6-9,11-15H,4-5,10,16H2,1-3H3,(H,35,37). The van der Waals surface area contributed by atoms with E-state index in [4.69, 9.17) is 14.5 Å². The van der Waals surface area contributed by atoms with Crippen LogP contribution < -0.4 is 20.3 Å². The molecule has 40 heavy (non-hydrogen) atoms. The van der Waals surface area contributed by atoms with Gasteiger partial charge in [-0.15, -0.1) is 0 Å². The number of anilines is 1. The average Bonchev–Trinajstić information content (AvgIpc) is 2.94. The summed E-state index contributed by atoms with van der Waals surface area (Å²) in [5.74, 6) is 1.02. The van der Waals surface area contributed by atoms with Crippen LogP contribution in [0.5, 0.6) is 11.5 Å². The van der Waals surface area contributed by atoms with Crippen LogP contribution in [0.15, 0.2) is 71.8 Å². The molecule has 1 heterocycles. The van der Waals surface area contributed by atoms with E-state index >= 15 is 0 Å². The van der Waals surface area contributed by atoms with Crippen LogP contribution in [-0.4, -0.2) is 35.5 Å². The lowest BCUT2D eigenvalue weighted by molar-refractivity contribution is -0.118. The summed E-state index contributed by atoms with van der Waals surface area (Å²) in [5.41, 5.74) is 2.68. The third-order valence-electron chi connectivity index (χ3n) is 6.08. The molecule has 0 spiro atoms. The number of nitrogens with zero attached hydrogens (tertiary/aromatic N) is 3. The van der Waals surface area contributed by atoms with Crippen LogP contribution in [0.25, 0.3) is 10.9 Å². The largest absolute Gasteiger partial charge is 0.493 e. The van der Waals surface area contributed by atoms with Gasteiger partial charge >= 0.3 is 0 Å². The van der Waals surface area contributed by atoms with Crippen molar-refractivity contribution in [3.05, 3.63) is 89.3 Å². The Hall–Kier alpha value is -3.02. The number of benzene rings is 3. The highest BCUT2D eigenvalue weighted by atomic mass is 79.9. The summed E-state index contributed by atoms with van der Waals surface area (Å²) in [6.45, 7) is 3.78.